The van der Waals surface area contributed by atoms with Crippen molar-refractivity contribution < 1.29 is 29.9 Å². The first kappa shape index (κ1) is 19.8. The summed E-state index contributed by atoms with van der Waals surface area (Å²) in [6, 6.07) is 0. The zero-order valence-electron chi connectivity index (χ0n) is 13.6. The Labute approximate surface area is 133 Å². The second-order valence-corrected chi connectivity index (χ2v) is 6.04. The molecule has 6 heteroatoms. The summed E-state index contributed by atoms with van der Waals surface area (Å²) in [6.07, 6.45) is 3.64. The Balaban J connectivity index is 2.11. The van der Waals surface area contributed by atoms with Crippen molar-refractivity contribution in [2.45, 2.75) is 89.0 Å². The predicted octanol–water partition coefficient (Wildman–Crippen LogP) is 0.944. The molecule has 5 atom stereocenters. The Bertz CT molecular complexity index is 275. The van der Waals surface area contributed by atoms with E-state index in [2.05, 4.69) is 6.92 Å². The van der Waals surface area contributed by atoms with Crippen LogP contribution in [0.3, 0.4) is 0 Å². The smallest absolute Gasteiger partial charge is 0.184 e. The Hall–Kier alpha value is -0.240. The van der Waals surface area contributed by atoms with Crippen LogP contribution in [0.1, 0.15) is 58.3 Å². The van der Waals surface area contributed by atoms with Crippen LogP contribution in [0.5, 0.6) is 0 Å². The van der Waals surface area contributed by atoms with Gasteiger partial charge in [0.1, 0.15) is 24.4 Å². The van der Waals surface area contributed by atoms with Crippen LogP contribution in [0.25, 0.3) is 0 Å². The topological polar surface area (TPSA) is 99.4 Å². The minimum atomic E-state index is -1.33. The first-order chi connectivity index (χ1) is 10.6. The van der Waals surface area contributed by atoms with Crippen molar-refractivity contribution in [3.63, 3.8) is 0 Å². The van der Waals surface area contributed by atoms with Crippen molar-refractivity contribution in [2.24, 2.45) is 0 Å². The average molecular weight is 320 g/mol. The summed E-state index contributed by atoms with van der Waals surface area (Å²) in [7, 11) is 0. The number of rotatable bonds is 11. The van der Waals surface area contributed by atoms with Gasteiger partial charge in [-0.1, -0.05) is 51.9 Å². The molecule has 22 heavy (non-hydrogen) atoms. The monoisotopic (exact) mass is 320 g/mol. The van der Waals surface area contributed by atoms with Crippen molar-refractivity contribution in [2.75, 3.05) is 13.2 Å². The lowest BCUT2D eigenvalue weighted by atomic mass is 9.99. The van der Waals surface area contributed by atoms with Gasteiger partial charge >= 0.3 is 0 Å². The zero-order chi connectivity index (χ0) is 16.4. The molecule has 1 rings (SSSR count). The van der Waals surface area contributed by atoms with Crippen LogP contribution in [0.15, 0.2) is 0 Å². The third kappa shape index (κ3) is 6.48. The fourth-order valence-electron chi connectivity index (χ4n) is 2.71. The number of ether oxygens (including phenoxy) is 2. The molecule has 0 bridgehead atoms. The first-order valence-electron chi connectivity index (χ1n) is 8.54. The summed E-state index contributed by atoms with van der Waals surface area (Å²) in [5.74, 6) is 0. The Morgan fingerprint density at radius 2 is 1.45 bits per heavy atom. The van der Waals surface area contributed by atoms with Crippen molar-refractivity contribution in [3.8, 4) is 0 Å². The van der Waals surface area contributed by atoms with Crippen molar-refractivity contribution in [3.05, 3.63) is 0 Å². The van der Waals surface area contributed by atoms with Crippen LogP contribution in [0.4, 0.5) is 0 Å². The van der Waals surface area contributed by atoms with E-state index in [9.17, 15) is 15.3 Å². The van der Waals surface area contributed by atoms with E-state index in [1.165, 1.54) is 32.1 Å². The molecule has 1 fully saturated rings. The second kappa shape index (κ2) is 11.3. The normalized spacial score (nSPS) is 32.3. The lowest BCUT2D eigenvalue weighted by molar-refractivity contribution is -0.296. The molecule has 4 N–H and O–H groups in total. The maximum Gasteiger partial charge on any atom is 0.184 e. The third-order valence-electron chi connectivity index (χ3n) is 4.15. The molecule has 0 spiro atoms. The zero-order valence-corrected chi connectivity index (χ0v) is 13.6. The van der Waals surface area contributed by atoms with E-state index < -0.39 is 37.3 Å². The summed E-state index contributed by atoms with van der Waals surface area (Å²) in [6.45, 7) is 2.16. The molecule has 0 amide bonds. The SMILES string of the molecule is CCCCCCCCCCO[C@H]1[C@@H](O)[C@H](O)[C@@H](CO)O[C@H]1O. The van der Waals surface area contributed by atoms with E-state index in [1.807, 2.05) is 0 Å². The molecule has 0 aromatic rings. The standard InChI is InChI=1S/C16H32O6/c1-2-3-4-5-6-7-8-9-10-21-15-14(19)13(18)12(11-17)22-16(15)20/h12-20H,2-11H2,1H3/t12-,13-,14+,15+,16-/m1/s1. The first-order valence-corrected chi connectivity index (χ1v) is 8.54. The highest BCUT2D eigenvalue weighted by molar-refractivity contribution is 4.89. The Kier molecular flexibility index (Phi) is 10.2. The van der Waals surface area contributed by atoms with Gasteiger partial charge in [0.05, 0.1) is 6.61 Å². The van der Waals surface area contributed by atoms with Gasteiger partial charge in [0, 0.05) is 6.61 Å². The van der Waals surface area contributed by atoms with Crippen LogP contribution in [0.2, 0.25) is 0 Å². The Morgan fingerprint density at radius 3 is 2.05 bits per heavy atom. The van der Waals surface area contributed by atoms with Crippen LogP contribution in [-0.2, 0) is 9.47 Å². The molecule has 0 aromatic heterocycles. The molecule has 0 unspecified atom stereocenters. The van der Waals surface area contributed by atoms with E-state index >= 15 is 0 Å². The number of unbranched alkanes of at least 4 members (excludes halogenated alkanes) is 7. The lowest BCUT2D eigenvalue weighted by Crippen LogP contribution is -2.59. The number of aliphatic hydroxyl groups excluding tert-OH is 4. The van der Waals surface area contributed by atoms with E-state index in [1.54, 1.807) is 0 Å². The van der Waals surface area contributed by atoms with Gasteiger partial charge in [0.2, 0.25) is 0 Å². The van der Waals surface area contributed by atoms with Gasteiger partial charge in [-0.25, -0.2) is 0 Å². The highest BCUT2D eigenvalue weighted by Crippen LogP contribution is 2.22. The summed E-state index contributed by atoms with van der Waals surface area (Å²) >= 11 is 0. The molecule has 0 aliphatic carbocycles. The highest BCUT2D eigenvalue weighted by atomic mass is 16.7. The predicted molar refractivity (Wildman–Crippen MR) is 82.3 cm³/mol. The summed E-state index contributed by atoms with van der Waals surface area (Å²) in [5.41, 5.74) is 0. The Morgan fingerprint density at radius 1 is 0.864 bits per heavy atom. The third-order valence-corrected chi connectivity index (χ3v) is 4.15. The molecule has 1 heterocycles. The maximum absolute atomic E-state index is 9.91. The van der Waals surface area contributed by atoms with Crippen LogP contribution >= 0.6 is 0 Å². The van der Waals surface area contributed by atoms with Gasteiger partial charge in [0.25, 0.3) is 0 Å². The van der Waals surface area contributed by atoms with Gasteiger partial charge in [0.15, 0.2) is 6.29 Å². The minimum absolute atomic E-state index is 0.410. The molecule has 1 saturated heterocycles. The van der Waals surface area contributed by atoms with Crippen molar-refractivity contribution in [1.82, 2.24) is 0 Å². The number of hydrogen-bond acceptors (Lipinski definition) is 6. The van der Waals surface area contributed by atoms with Gasteiger partial charge in [-0.05, 0) is 6.42 Å². The summed E-state index contributed by atoms with van der Waals surface area (Å²) in [4.78, 5) is 0. The quantitative estimate of drug-likeness (QED) is 0.423. The molecular weight excluding hydrogens is 288 g/mol. The van der Waals surface area contributed by atoms with E-state index in [0.717, 1.165) is 19.3 Å². The number of hydrogen-bond donors (Lipinski definition) is 4. The summed E-state index contributed by atoms with van der Waals surface area (Å²) in [5, 5.41) is 38.4. The maximum atomic E-state index is 9.91. The molecule has 1 aliphatic heterocycles. The molecule has 1 aliphatic rings. The largest absolute Gasteiger partial charge is 0.394 e. The lowest BCUT2D eigenvalue weighted by Gasteiger charge is -2.39. The molecular formula is C16H32O6. The molecule has 132 valence electrons. The van der Waals surface area contributed by atoms with Crippen LogP contribution in [0, 0.1) is 0 Å². The fourth-order valence-corrected chi connectivity index (χ4v) is 2.71. The van der Waals surface area contributed by atoms with Crippen molar-refractivity contribution in [1.29, 1.82) is 0 Å². The van der Waals surface area contributed by atoms with Gasteiger partial charge in [-0.3, -0.25) is 0 Å². The van der Waals surface area contributed by atoms with Crippen LogP contribution in [-0.4, -0.2) is 64.3 Å². The van der Waals surface area contributed by atoms with E-state index in [0.29, 0.717) is 6.61 Å². The van der Waals surface area contributed by atoms with E-state index in [-0.39, 0.29) is 0 Å². The van der Waals surface area contributed by atoms with Crippen molar-refractivity contribution >= 4 is 0 Å². The average Bonchev–Trinajstić information content (AvgIpc) is 2.52. The van der Waals surface area contributed by atoms with Gasteiger partial charge in [-0.2, -0.15) is 0 Å². The van der Waals surface area contributed by atoms with Crippen LogP contribution < -0.4 is 0 Å². The molecule has 0 aromatic carbocycles. The fraction of sp³-hybridized carbons (Fsp3) is 1.00. The highest BCUT2D eigenvalue weighted by Gasteiger charge is 2.44. The molecule has 0 saturated carbocycles. The van der Waals surface area contributed by atoms with E-state index in [4.69, 9.17) is 14.6 Å². The number of aliphatic hydroxyl groups is 4. The minimum Gasteiger partial charge on any atom is -0.394 e. The molecule has 0 radical (unpaired) electrons. The summed E-state index contributed by atoms with van der Waals surface area (Å²) < 4.78 is 10.5. The second-order valence-electron chi connectivity index (χ2n) is 6.04. The van der Waals surface area contributed by atoms with Gasteiger partial charge < -0.3 is 29.9 Å². The molecule has 6 nitrogen and oxygen atoms in total. The van der Waals surface area contributed by atoms with Gasteiger partial charge in [-0.15, -0.1) is 0 Å².